The van der Waals surface area contributed by atoms with Gasteiger partial charge >= 0.3 is 0 Å². The summed E-state index contributed by atoms with van der Waals surface area (Å²) in [5.74, 6) is -0.382. The van der Waals surface area contributed by atoms with Crippen molar-refractivity contribution in [2.75, 3.05) is 13.6 Å². The average Bonchev–Trinajstić information content (AvgIpc) is 2.43. The van der Waals surface area contributed by atoms with Gasteiger partial charge in [0.05, 0.1) is 0 Å². The van der Waals surface area contributed by atoms with Gasteiger partial charge in [0, 0.05) is 19.2 Å². The second kappa shape index (κ2) is 3.65. The van der Waals surface area contributed by atoms with Gasteiger partial charge in [-0.05, 0) is 12.5 Å². The number of likely N-dealkylation sites (N-methyl/N-ethyl adjacent to an activating group) is 1. The van der Waals surface area contributed by atoms with Gasteiger partial charge in [0.1, 0.15) is 6.04 Å². The van der Waals surface area contributed by atoms with Crippen LogP contribution in [0, 0.1) is 0 Å². The topological polar surface area (TPSA) is 49.4 Å². The molecular formula is C10H14N2O2. The predicted molar refractivity (Wildman–Crippen MR) is 53.5 cm³/mol. The number of hydrogen-bond acceptors (Lipinski definition) is 2. The maximum Gasteiger partial charge on any atom is 0.254 e. The Labute approximate surface area is 83.3 Å². The summed E-state index contributed by atoms with van der Waals surface area (Å²) in [6, 6.07) is -0.469. The molecule has 76 valence electrons. The highest BCUT2D eigenvalue weighted by molar-refractivity contribution is 6.02. The van der Waals surface area contributed by atoms with Crippen LogP contribution in [0.4, 0.5) is 0 Å². The molecule has 1 atom stereocenters. The van der Waals surface area contributed by atoms with Gasteiger partial charge in [-0.15, -0.1) is 0 Å². The van der Waals surface area contributed by atoms with E-state index in [2.05, 4.69) is 18.5 Å². The fourth-order valence-corrected chi connectivity index (χ4v) is 1.36. The van der Waals surface area contributed by atoms with Crippen LogP contribution in [-0.2, 0) is 9.59 Å². The highest BCUT2D eigenvalue weighted by Gasteiger charge is 2.33. The van der Waals surface area contributed by atoms with E-state index in [9.17, 15) is 9.59 Å². The SMILES string of the molecule is C=C1CN(C(C)C(=O)NC)C(=O)C1=C. The molecule has 0 radical (unpaired) electrons. The van der Waals surface area contributed by atoms with Crippen molar-refractivity contribution >= 4 is 11.8 Å². The van der Waals surface area contributed by atoms with E-state index in [1.165, 1.54) is 4.90 Å². The van der Waals surface area contributed by atoms with Crippen LogP contribution in [0.25, 0.3) is 0 Å². The highest BCUT2D eigenvalue weighted by atomic mass is 16.2. The lowest BCUT2D eigenvalue weighted by Gasteiger charge is -2.21. The standard InChI is InChI=1S/C10H14N2O2/c1-6-5-12(10(14)7(6)2)8(3)9(13)11-4/h8H,1-2,5H2,3-4H3,(H,11,13). The Balaban J connectivity index is 2.81. The molecule has 0 bridgehead atoms. The van der Waals surface area contributed by atoms with Crippen LogP contribution in [0.2, 0.25) is 0 Å². The number of nitrogens with one attached hydrogen (secondary N) is 1. The number of likely N-dealkylation sites (tertiary alicyclic amines) is 1. The van der Waals surface area contributed by atoms with Crippen LogP contribution < -0.4 is 5.32 Å². The van der Waals surface area contributed by atoms with Gasteiger partial charge in [-0.3, -0.25) is 9.59 Å². The van der Waals surface area contributed by atoms with E-state index < -0.39 is 6.04 Å². The third-order valence-electron chi connectivity index (χ3n) is 2.40. The summed E-state index contributed by atoms with van der Waals surface area (Å²) in [5, 5.41) is 2.50. The van der Waals surface area contributed by atoms with E-state index in [-0.39, 0.29) is 11.8 Å². The van der Waals surface area contributed by atoms with Crippen molar-refractivity contribution < 1.29 is 9.59 Å². The second-order valence-electron chi connectivity index (χ2n) is 3.31. The van der Waals surface area contributed by atoms with Gasteiger partial charge in [-0.1, -0.05) is 13.2 Å². The van der Waals surface area contributed by atoms with Crippen LogP contribution in [0.1, 0.15) is 6.92 Å². The summed E-state index contributed by atoms with van der Waals surface area (Å²) in [6.07, 6.45) is 0. The zero-order valence-electron chi connectivity index (χ0n) is 8.46. The molecule has 2 amide bonds. The second-order valence-corrected chi connectivity index (χ2v) is 3.31. The molecule has 0 spiro atoms. The molecule has 4 heteroatoms. The van der Waals surface area contributed by atoms with Crippen molar-refractivity contribution in [1.29, 1.82) is 0 Å². The normalized spacial score (nSPS) is 18.7. The van der Waals surface area contributed by atoms with Crippen molar-refractivity contribution in [2.45, 2.75) is 13.0 Å². The summed E-state index contributed by atoms with van der Waals surface area (Å²) in [7, 11) is 1.54. The Bertz CT molecular complexity index is 320. The Morgan fingerprint density at radius 3 is 2.50 bits per heavy atom. The van der Waals surface area contributed by atoms with Gasteiger partial charge in [0.15, 0.2) is 0 Å². The number of carbonyl (C=O) groups excluding carboxylic acids is 2. The zero-order valence-corrected chi connectivity index (χ0v) is 8.46. The summed E-state index contributed by atoms with van der Waals surface area (Å²) in [4.78, 5) is 24.3. The molecule has 0 aromatic carbocycles. The van der Waals surface area contributed by atoms with Crippen LogP contribution in [0.5, 0.6) is 0 Å². The summed E-state index contributed by atoms with van der Waals surface area (Å²) in [6.45, 7) is 9.40. The fourth-order valence-electron chi connectivity index (χ4n) is 1.36. The van der Waals surface area contributed by atoms with Crippen LogP contribution in [0.3, 0.4) is 0 Å². The Morgan fingerprint density at radius 2 is 2.14 bits per heavy atom. The van der Waals surface area contributed by atoms with Gasteiger partial charge in [-0.25, -0.2) is 0 Å². The largest absolute Gasteiger partial charge is 0.357 e. The molecule has 0 aromatic heterocycles. The van der Waals surface area contributed by atoms with Crippen LogP contribution in [-0.4, -0.2) is 36.3 Å². The molecule has 14 heavy (non-hydrogen) atoms. The van der Waals surface area contributed by atoms with Crippen molar-refractivity contribution in [2.24, 2.45) is 0 Å². The summed E-state index contributed by atoms with van der Waals surface area (Å²) < 4.78 is 0. The Kier molecular flexibility index (Phi) is 2.74. The predicted octanol–water partition coefficient (Wildman–Crippen LogP) is 0.0755. The molecule has 4 nitrogen and oxygen atoms in total. The first kappa shape index (κ1) is 10.5. The minimum Gasteiger partial charge on any atom is -0.357 e. The minimum absolute atomic E-state index is 0.180. The van der Waals surface area contributed by atoms with E-state index in [4.69, 9.17) is 0 Å². The molecule has 1 heterocycles. The number of rotatable bonds is 2. The molecule has 1 aliphatic heterocycles. The number of hydrogen-bond donors (Lipinski definition) is 1. The lowest BCUT2D eigenvalue weighted by molar-refractivity contribution is -0.134. The van der Waals surface area contributed by atoms with Gasteiger partial charge in [0.25, 0.3) is 5.91 Å². The molecule has 1 saturated heterocycles. The maximum atomic E-state index is 11.6. The van der Waals surface area contributed by atoms with E-state index in [0.717, 1.165) is 0 Å². The highest BCUT2D eigenvalue weighted by Crippen LogP contribution is 2.21. The maximum absolute atomic E-state index is 11.6. The number of carbonyl (C=O) groups is 2. The summed E-state index contributed by atoms with van der Waals surface area (Å²) >= 11 is 0. The minimum atomic E-state index is -0.469. The molecule has 1 aliphatic rings. The average molecular weight is 194 g/mol. The molecule has 0 saturated carbocycles. The van der Waals surface area contributed by atoms with E-state index in [1.807, 2.05) is 0 Å². The smallest absolute Gasteiger partial charge is 0.254 e. The first-order chi connectivity index (χ1) is 6.49. The fraction of sp³-hybridized carbons (Fsp3) is 0.400. The van der Waals surface area contributed by atoms with E-state index >= 15 is 0 Å². The molecule has 1 fully saturated rings. The Morgan fingerprint density at radius 1 is 1.57 bits per heavy atom. The quantitative estimate of drug-likeness (QED) is 0.633. The molecule has 1 rings (SSSR count). The number of amides is 2. The van der Waals surface area contributed by atoms with Gasteiger partial charge in [0.2, 0.25) is 5.91 Å². The third kappa shape index (κ3) is 1.55. The van der Waals surface area contributed by atoms with Gasteiger partial charge in [-0.2, -0.15) is 0 Å². The lowest BCUT2D eigenvalue weighted by Crippen LogP contribution is -2.44. The Hall–Kier alpha value is -1.58. The first-order valence-electron chi connectivity index (χ1n) is 4.38. The molecular weight excluding hydrogens is 180 g/mol. The molecule has 0 aromatic rings. The molecule has 1 unspecified atom stereocenters. The monoisotopic (exact) mass is 194 g/mol. The summed E-state index contributed by atoms with van der Waals surface area (Å²) in [5.41, 5.74) is 1.09. The number of nitrogens with zero attached hydrogens (tertiary/aromatic N) is 1. The van der Waals surface area contributed by atoms with Crippen molar-refractivity contribution in [3.8, 4) is 0 Å². The molecule has 0 aliphatic carbocycles. The third-order valence-corrected chi connectivity index (χ3v) is 2.40. The van der Waals surface area contributed by atoms with Gasteiger partial charge < -0.3 is 10.2 Å². The van der Waals surface area contributed by atoms with Crippen molar-refractivity contribution in [1.82, 2.24) is 10.2 Å². The zero-order chi connectivity index (χ0) is 10.9. The van der Waals surface area contributed by atoms with E-state index in [0.29, 0.717) is 17.7 Å². The van der Waals surface area contributed by atoms with Crippen LogP contribution >= 0.6 is 0 Å². The van der Waals surface area contributed by atoms with E-state index in [1.54, 1.807) is 14.0 Å². The first-order valence-corrected chi connectivity index (χ1v) is 4.38. The van der Waals surface area contributed by atoms with Crippen molar-refractivity contribution in [3.05, 3.63) is 24.3 Å². The van der Waals surface area contributed by atoms with Crippen LogP contribution in [0.15, 0.2) is 24.3 Å². The van der Waals surface area contributed by atoms with Crippen molar-refractivity contribution in [3.63, 3.8) is 0 Å². The lowest BCUT2D eigenvalue weighted by atomic mass is 10.2. The molecule has 1 N–H and O–H groups in total.